The van der Waals surface area contributed by atoms with E-state index in [1.54, 1.807) is 36.2 Å². The van der Waals surface area contributed by atoms with E-state index in [2.05, 4.69) is 40.1 Å². The highest BCUT2D eigenvalue weighted by atomic mass is 19.4. The number of nitrogens with zero attached hydrogens (tertiary/aromatic N) is 5. The van der Waals surface area contributed by atoms with Crippen molar-refractivity contribution in [3.63, 3.8) is 0 Å². The molecule has 3 saturated heterocycles. The van der Waals surface area contributed by atoms with Gasteiger partial charge in [-0.05, 0) is 60.2 Å². The highest BCUT2D eigenvalue weighted by molar-refractivity contribution is 5.95. The molecule has 0 spiro atoms. The van der Waals surface area contributed by atoms with Gasteiger partial charge in [0.25, 0.3) is 5.91 Å². The third-order valence-electron chi connectivity index (χ3n) is 10.0. The van der Waals surface area contributed by atoms with Crippen LogP contribution in [0.5, 0.6) is 0 Å². The summed E-state index contributed by atoms with van der Waals surface area (Å²) in [7, 11) is 3.68. The van der Waals surface area contributed by atoms with Crippen LogP contribution < -0.4 is 0 Å². The van der Waals surface area contributed by atoms with Gasteiger partial charge in [0.15, 0.2) is 0 Å². The highest BCUT2D eigenvalue weighted by Gasteiger charge is 2.38. The predicted molar refractivity (Wildman–Crippen MR) is 172 cm³/mol. The van der Waals surface area contributed by atoms with Crippen molar-refractivity contribution >= 4 is 11.9 Å². The van der Waals surface area contributed by atoms with E-state index >= 15 is 0 Å². The van der Waals surface area contributed by atoms with E-state index in [9.17, 15) is 22.8 Å². The van der Waals surface area contributed by atoms with Gasteiger partial charge in [0.1, 0.15) is 0 Å². The summed E-state index contributed by atoms with van der Waals surface area (Å²) in [6.45, 7) is 6.13. The van der Waals surface area contributed by atoms with Crippen molar-refractivity contribution in [3.8, 4) is 11.1 Å². The number of rotatable bonds is 7. The minimum atomic E-state index is -4.38. The van der Waals surface area contributed by atoms with E-state index in [0.717, 1.165) is 63.3 Å². The second-order valence-electron chi connectivity index (χ2n) is 13.0. The molecule has 10 heteroatoms. The fourth-order valence-electron chi connectivity index (χ4n) is 7.15. The Morgan fingerprint density at radius 3 is 2.04 bits per heavy atom. The van der Waals surface area contributed by atoms with Crippen LogP contribution in [0.3, 0.4) is 0 Å². The minimum absolute atomic E-state index is 0.0215. The fourth-order valence-corrected chi connectivity index (χ4v) is 7.15. The normalized spacial score (nSPS) is 22.4. The van der Waals surface area contributed by atoms with Crippen LogP contribution in [0.1, 0.15) is 40.7 Å². The highest BCUT2D eigenvalue weighted by Crippen LogP contribution is 2.31. The second-order valence-corrected chi connectivity index (χ2v) is 13.0. The number of urea groups is 1. The lowest BCUT2D eigenvalue weighted by molar-refractivity contribution is -0.137. The van der Waals surface area contributed by atoms with Gasteiger partial charge >= 0.3 is 12.2 Å². The molecular weight excluding hydrogens is 591 g/mol. The molecular formula is C36H42F3N5O2. The number of likely N-dealkylation sites (N-methyl/N-ethyl adjacent to an activating group) is 2. The zero-order valence-electron chi connectivity index (χ0n) is 26.5. The van der Waals surface area contributed by atoms with Gasteiger partial charge in [-0.15, -0.1) is 0 Å². The molecule has 0 saturated carbocycles. The number of hydrogen-bond acceptors (Lipinski definition) is 4. The Labute approximate surface area is 269 Å². The van der Waals surface area contributed by atoms with Crippen LogP contribution in [-0.4, -0.2) is 108 Å². The summed E-state index contributed by atoms with van der Waals surface area (Å²) in [5.74, 6) is -0.143. The van der Waals surface area contributed by atoms with Crippen molar-refractivity contribution in [1.29, 1.82) is 0 Å². The average Bonchev–Trinajstić information content (AvgIpc) is 3.85. The number of benzene rings is 3. The molecule has 3 fully saturated rings. The molecule has 244 valence electrons. The van der Waals surface area contributed by atoms with Crippen molar-refractivity contribution in [2.24, 2.45) is 0 Å². The lowest BCUT2D eigenvalue weighted by Gasteiger charge is -2.31. The number of halogens is 3. The number of hydrogen-bond donors (Lipinski definition) is 0. The Morgan fingerprint density at radius 2 is 1.37 bits per heavy atom. The number of amides is 3. The van der Waals surface area contributed by atoms with Crippen LogP contribution in [0.15, 0.2) is 78.9 Å². The molecule has 3 aromatic carbocycles. The molecule has 0 radical (unpaired) electrons. The van der Waals surface area contributed by atoms with Crippen LogP contribution in [0.25, 0.3) is 11.1 Å². The van der Waals surface area contributed by atoms with Gasteiger partial charge in [-0.2, -0.15) is 13.2 Å². The lowest BCUT2D eigenvalue weighted by atomic mass is 10.0. The van der Waals surface area contributed by atoms with Crippen LogP contribution >= 0.6 is 0 Å². The molecule has 6 rings (SSSR count). The van der Waals surface area contributed by atoms with E-state index < -0.39 is 11.7 Å². The van der Waals surface area contributed by atoms with Crippen LogP contribution in [0, 0.1) is 0 Å². The van der Waals surface area contributed by atoms with E-state index in [1.807, 2.05) is 16.8 Å². The molecule has 7 nitrogen and oxygen atoms in total. The van der Waals surface area contributed by atoms with Crippen molar-refractivity contribution in [1.82, 2.24) is 24.5 Å². The standard InChI is InChI=1S/C36H42F3N5O2/c1-40(34(45)29-10-8-27(9-11-29)28-12-14-30(15-13-28)36(37,38)39)31-18-21-44(25-31)35(46)41(2)32-17-20-43(24-32)33-16-19-42(23-33)22-26-6-4-3-5-7-26/h3-15,31-33H,16-25H2,1-2H3/t31-,32+,33?/m0/s1. The maximum atomic E-state index is 13.5. The summed E-state index contributed by atoms with van der Waals surface area (Å²) in [4.78, 5) is 37.4. The number of alkyl halides is 3. The zero-order valence-corrected chi connectivity index (χ0v) is 26.5. The van der Waals surface area contributed by atoms with Gasteiger partial charge in [0.05, 0.1) is 11.6 Å². The minimum Gasteiger partial charge on any atom is -0.337 e. The van der Waals surface area contributed by atoms with E-state index in [1.165, 1.54) is 17.7 Å². The summed E-state index contributed by atoms with van der Waals surface area (Å²) >= 11 is 0. The predicted octanol–water partition coefficient (Wildman–Crippen LogP) is 5.92. The molecule has 3 aliphatic heterocycles. The van der Waals surface area contributed by atoms with Gasteiger partial charge in [-0.3, -0.25) is 14.6 Å². The first-order valence-corrected chi connectivity index (χ1v) is 16.1. The summed E-state index contributed by atoms with van der Waals surface area (Å²) in [5, 5.41) is 0. The summed E-state index contributed by atoms with van der Waals surface area (Å²) in [6, 6.07) is 23.1. The molecule has 46 heavy (non-hydrogen) atoms. The Hall–Kier alpha value is -3.89. The second kappa shape index (κ2) is 13.5. The van der Waals surface area contributed by atoms with Gasteiger partial charge in [-0.25, -0.2) is 4.79 Å². The molecule has 0 aliphatic carbocycles. The maximum absolute atomic E-state index is 13.5. The summed E-state index contributed by atoms with van der Waals surface area (Å²) in [6.07, 6.45) is -1.55. The Balaban J connectivity index is 0.980. The SMILES string of the molecule is CN(C(=O)c1ccc(-c2ccc(C(F)(F)F)cc2)cc1)[C@H]1CCN(C(=O)N(C)[C@@H]2CCN(C3CCN(Cc4ccccc4)C3)C2)C1. The van der Waals surface area contributed by atoms with Crippen LogP contribution in [-0.2, 0) is 12.7 Å². The molecule has 3 amide bonds. The molecule has 1 unspecified atom stereocenters. The van der Waals surface area contributed by atoms with Gasteiger partial charge in [0, 0.05) is 77.6 Å². The maximum Gasteiger partial charge on any atom is 0.416 e. The molecule has 0 bridgehead atoms. The first-order chi connectivity index (χ1) is 22.1. The van der Waals surface area contributed by atoms with E-state index in [0.29, 0.717) is 36.7 Å². The monoisotopic (exact) mass is 633 g/mol. The Bertz CT molecular complexity index is 1500. The number of carbonyl (C=O) groups is 2. The first-order valence-electron chi connectivity index (χ1n) is 16.1. The average molecular weight is 634 g/mol. The third-order valence-corrected chi connectivity index (χ3v) is 10.0. The quantitative estimate of drug-likeness (QED) is 0.324. The summed E-state index contributed by atoms with van der Waals surface area (Å²) < 4.78 is 38.7. The molecule has 3 aliphatic rings. The van der Waals surface area contributed by atoms with Crippen LogP contribution in [0.2, 0.25) is 0 Å². The lowest BCUT2D eigenvalue weighted by Crippen LogP contribution is -2.48. The van der Waals surface area contributed by atoms with E-state index in [-0.39, 0.29) is 24.0 Å². The van der Waals surface area contributed by atoms with Crippen molar-refractivity contribution in [3.05, 3.63) is 95.6 Å². The van der Waals surface area contributed by atoms with Gasteiger partial charge in [-0.1, -0.05) is 54.6 Å². The topological polar surface area (TPSA) is 50.3 Å². The molecule has 3 atom stereocenters. The molecule has 0 aromatic heterocycles. The number of likely N-dealkylation sites (tertiary alicyclic amines) is 3. The van der Waals surface area contributed by atoms with Crippen LogP contribution in [0.4, 0.5) is 18.0 Å². The Morgan fingerprint density at radius 1 is 0.739 bits per heavy atom. The molecule has 3 aromatic rings. The number of carbonyl (C=O) groups excluding carboxylic acids is 2. The summed E-state index contributed by atoms with van der Waals surface area (Å²) in [5.41, 5.74) is 2.53. The van der Waals surface area contributed by atoms with E-state index in [4.69, 9.17) is 0 Å². The van der Waals surface area contributed by atoms with Gasteiger partial charge in [0.2, 0.25) is 0 Å². The van der Waals surface area contributed by atoms with Crippen molar-refractivity contribution in [2.75, 3.05) is 53.4 Å². The molecule has 0 N–H and O–H groups in total. The first kappa shape index (κ1) is 32.1. The largest absolute Gasteiger partial charge is 0.416 e. The van der Waals surface area contributed by atoms with Crippen molar-refractivity contribution < 1.29 is 22.8 Å². The smallest absolute Gasteiger partial charge is 0.337 e. The fraction of sp³-hybridized carbons (Fsp3) is 0.444. The zero-order chi connectivity index (χ0) is 32.4. The molecule has 3 heterocycles. The van der Waals surface area contributed by atoms with Gasteiger partial charge < -0.3 is 14.7 Å². The third kappa shape index (κ3) is 7.08. The van der Waals surface area contributed by atoms with Crippen molar-refractivity contribution in [2.45, 2.75) is 50.1 Å². The Kier molecular flexibility index (Phi) is 9.38.